The van der Waals surface area contributed by atoms with Gasteiger partial charge in [-0.1, -0.05) is 30.3 Å². The van der Waals surface area contributed by atoms with Crippen LogP contribution in [0.2, 0.25) is 0 Å². The van der Waals surface area contributed by atoms with Gasteiger partial charge in [0.15, 0.2) is 0 Å². The van der Waals surface area contributed by atoms with Crippen molar-refractivity contribution in [3.63, 3.8) is 0 Å². The van der Waals surface area contributed by atoms with Crippen molar-refractivity contribution in [2.45, 2.75) is 25.8 Å². The zero-order chi connectivity index (χ0) is 19.1. The van der Waals surface area contributed by atoms with E-state index in [1.165, 1.54) is 13.2 Å². The molecule has 0 saturated carbocycles. The largest absolute Gasteiger partial charge is 0.465 e. The van der Waals surface area contributed by atoms with Crippen molar-refractivity contribution in [2.75, 3.05) is 13.6 Å². The van der Waals surface area contributed by atoms with Crippen molar-refractivity contribution in [2.24, 2.45) is 0 Å². The number of carbonyl (C=O) groups is 2. The van der Waals surface area contributed by atoms with Crippen LogP contribution in [0.3, 0.4) is 0 Å². The van der Waals surface area contributed by atoms with E-state index in [-0.39, 0.29) is 19.0 Å². The molecule has 1 aromatic carbocycles. The van der Waals surface area contributed by atoms with Gasteiger partial charge in [0.1, 0.15) is 0 Å². The van der Waals surface area contributed by atoms with Crippen molar-refractivity contribution in [3.8, 4) is 0 Å². The molecule has 2 amide bonds. The number of nitrogens with one attached hydrogen (secondary N) is 1. The second-order valence-electron chi connectivity index (χ2n) is 6.14. The summed E-state index contributed by atoms with van der Waals surface area (Å²) in [6.45, 7) is 2.03. The number of amides is 2. The van der Waals surface area contributed by atoms with Gasteiger partial charge in [-0.25, -0.2) is 9.78 Å². The van der Waals surface area contributed by atoms with Gasteiger partial charge in [0.25, 0.3) is 0 Å². The lowest BCUT2D eigenvalue weighted by atomic mass is 9.94. The molecule has 0 bridgehead atoms. The third kappa shape index (κ3) is 5.27. The average Bonchev–Trinajstić information content (AvgIpc) is 2.63. The van der Waals surface area contributed by atoms with Gasteiger partial charge in [-0.15, -0.1) is 0 Å². The maximum atomic E-state index is 13.8. The predicted octanol–water partition coefficient (Wildman–Crippen LogP) is 2.93. The van der Waals surface area contributed by atoms with E-state index in [9.17, 15) is 14.0 Å². The Morgan fingerprint density at radius 1 is 1.31 bits per heavy atom. The highest BCUT2D eigenvalue weighted by Gasteiger charge is 2.22. The molecule has 0 aliphatic rings. The molecular formula is C19H22FN3O3. The van der Waals surface area contributed by atoms with Gasteiger partial charge in [0.2, 0.25) is 11.9 Å². The molecule has 2 N–H and O–H groups in total. The van der Waals surface area contributed by atoms with Crippen LogP contribution in [0.25, 0.3) is 0 Å². The van der Waals surface area contributed by atoms with E-state index in [2.05, 4.69) is 10.3 Å². The Morgan fingerprint density at radius 3 is 2.65 bits per heavy atom. The fraction of sp³-hybridized carbons (Fsp3) is 0.316. The van der Waals surface area contributed by atoms with Gasteiger partial charge in [-0.05, 0) is 30.5 Å². The Kier molecular flexibility index (Phi) is 6.66. The quantitative estimate of drug-likeness (QED) is 0.745. The first-order chi connectivity index (χ1) is 12.4. The molecule has 2 rings (SSSR count). The molecule has 1 atom stereocenters. The summed E-state index contributed by atoms with van der Waals surface area (Å²) < 4.78 is 13.8. The first-order valence-corrected chi connectivity index (χ1v) is 8.26. The molecule has 138 valence electrons. The second-order valence-corrected chi connectivity index (χ2v) is 6.14. The third-order valence-corrected chi connectivity index (χ3v) is 4.10. The molecular weight excluding hydrogens is 337 g/mol. The van der Waals surface area contributed by atoms with Gasteiger partial charge in [-0.2, -0.15) is 4.39 Å². The van der Waals surface area contributed by atoms with E-state index in [4.69, 9.17) is 5.11 Å². The Bertz CT molecular complexity index is 768. The Hall–Kier alpha value is -2.96. The van der Waals surface area contributed by atoms with Crippen molar-refractivity contribution >= 4 is 12.0 Å². The van der Waals surface area contributed by atoms with E-state index >= 15 is 0 Å². The van der Waals surface area contributed by atoms with Gasteiger partial charge in [0, 0.05) is 31.9 Å². The fourth-order valence-electron chi connectivity index (χ4n) is 2.60. The van der Waals surface area contributed by atoms with Crippen molar-refractivity contribution in [3.05, 3.63) is 65.2 Å². The maximum Gasteiger partial charge on any atom is 0.407 e. The Labute approximate surface area is 151 Å². The van der Waals surface area contributed by atoms with Gasteiger partial charge in [-0.3, -0.25) is 4.79 Å². The standard InChI is InChI=1S/C19H22FN3O3/c1-13-10-15(17(20)21-11-13)12-22-18(24)16(8-9-23(2)19(25)26)14-6-4-3-5-7-14/h3-7,10-11,16H,8-9,12H2,1-2H3,(H,22,24)(H,25,26)/t16-/m1/s1. The number of carbonyl (C=O) groups excluding carboxylic acids is 1. The number of pyridine rings is 1. The van der Waals surface area contributed by atoms with Crippen LogP contribution in [0.4, 0.5) is 9.18 Å². The molecule has 1 aromatic heterocycles. The Balaban J connectivity index is 2.09. The molecule has 0 radical (unpaired) electrons. The highest BCUT2D eigenvalue weighted by atomic mass is 19.1. The van der Waals surface area contributed by atoms with Crippen LogP contribution in [-0.2, 0) is 11.3 Å². The predicted molar refractivity (Wildman–Crippen MR) is 95.2 cm³/mol. The molecule has 26 heavy (non-hydrogen) atoms. The summed E-state index contributed by atoms with van der Waals surface area (Å²) in [6, 6.07) is 10.8. The lowest BCUT2D eigenvalue weighted by Gasteiger charge is -2.20. The average molecular weight is 359 g/mol. The molecule has 0 spiro atoms. The smallest absolute Gasteiger partial charge is 0.407 e. The first-order valence-electron chi connectivity index (χ1n) is 8.26. The van der Waals surface area contributed by atoms with Crippen LogP contribution in [0.15, 0.2) is 42.6 Å². The number of carboxylic acid groups (broad SMARTS) is 1. The van der Waals surface area contributed by atoms with Gasteiger partial charge < -0.3 is 15.3 Å². The van der Waals surface area contributed by atoms with Crippen molar-refractivity contribution < 1.29 is 19.1 Å². The summed E-state index contributed by atoms with van der Waals surface area (Å²) in [7, 11) is 1.45. The van der Waals surface area contributed by atoms with Crippen LogP contribution in [0, 0.1) is 12.9 Å². The number of aryl methyl sites for hydroxylation is 1. The topological polar surface area (TPSA) is 82.5 Å². The van der Waals surface area contributed by atoms with Crippen LogP contribution >= 0.6 is 0 Å². The highest BCUT2D eigenvalue weighted by molar-refractivity contribution is 5.83. The summed E-state index contributed by atoms with van der Waals surface area (Å²) in [5, 5.41) is 11.7. The zero-order valence-corrected chi connectivity index (χ0v) is 14.8. The fourth-order valence-corrected chi connectivity index (χ4v) is 2.60. The molecule has 0 aliphatic carbocycles. The summed E-state index contributed by atoms with van der Waals surface area (Å²) in [5.74, 6) is -1.42. The molecule has 6 nitrogen and oxygen atoms in total. The number of nitrogens with zero attached hydrogens (tertiary/aromatic N) is 2. The van der Waals surface area contributed by atoms with Crippen molar-refractivity contribution in [1.82, 2.24) is 15.2 Å². The van der Waals surface area contributed by atoms with Crippen LogP contribution in [0.5, 0.6) is 0 Å². The molecule has 2 aromatic rings. The molecule has 0 fully saturated rings. The molecule has 1 heterocycles. The number of rotatable bonds is 7. The van der Waals surface area contributed by atoms with E-state index in [0.717, 1.165) is 16.0 Å². The minimum atomic E-state index is -1.05. The SMILES string of the molecule is Cc1cnc(F)c(CNC(=O)[C@H](CCN(C)C(=O)O)c2ccccc2)c1. The maximum absolute atomic E-state index is 13.8. The summed E-state index contributed by atoms with van der Waals surface area (Å²) >= 11 is 0. The molecule has 0 saturated heterocycles. The number of hydrogen-bond donors (Lipinski definition) is 2. The van der Waals surface area contributed by atoms with E-state index < -0.39 is 18.0 Å². The zero-order valence-electron chi connectivity index (χ0n) is 14.8. The normalized spacial score (nSPS) is 11.7. The van der Waals surface area contributed by atoms with Gasteiger partial charge >= 0.3 is 6.09 Å². The second kappa shape index (κ2) is 8.94. The summed E-state index contributed by atoms with van der Waals surface area (Å²) in [6.07, 6.45) is 0.702. The number of hydrogen-bond acceptors (Lipinski definition) is 3. The van der Waals surface area contributed by atoms with Crippen LogP contribution < -0.4 is 5.32 Å². The summed E-state index contributed by atoms with van der Waals surface area (Å²) in [4.78, 5) is 28.4. The lowest BCUT2D eigenvalue weighted by molar-refractivity contribution is -0.123. The van der Waals surface area contributed by atoms with Crippen LogP contribution in [0.1, 0.15) is 29.0 Å². The van der Waals surface area contributed by atoms with E-state index in [0.29, 0.717) is 12.0 Å². The van der Waals surface area contributed by atoms with Crippen molar-refractivity contribution in [1.29, 1.82) is 0 Å². The molecule has 7 heteroatoms. The first kappa shape index (κ1) is 19.4. The minimum Gasteiger partial charge on any atom is -0.465 e. The minimum absolute atomic E-state index is 0.0252. The Morgan fingerprint density at radius 2 is 2.00 bits per heavy atom. The number of benzene rings is 1. The van der Waals surface area contributed by atoms with Crippen LogP contribution in [-0.4, -0.2) is 40.6 Å². The summed E-state index contributed by atoms with van der Waals surface area (Å²) in [5.41, 5.74) is 1.90. The number of halogens is 1. The van der Waals surface area contributed by atoms with E-state index in [1.807, 2.05) is 30.3 Å². The monoisotopic (exact) mass is 359 g/mol. The van der Waals surface area contributed by atoms with Gasteiger partial charge in [0.05, 0.1) is 5.92 Å². The molecule has 0 unspecified atom stereocenters. The molecule has 0 aliphatic heterocycles. The van der Waals surface area contributed by atoms with E-state index in [1.54, 1.807) is 13.0 Å². The highest BCUT2D eigenvalue weighted by Crippen LogP contribution is 2.20. The number of aromatic nitrogens is 1. The third-order valence-electron chi connectivity index (χ3n) is 4.10. The lowest BCUT2D eigenvalue weighted by Crippen LogP contribution is -2.33.